The molecule has 0 bridgehead atoms. The van der Waals surface area contributed by atoms with Gasteiger partial charge in [-0.3, -0.25) is 0 Å². The Labute approximate surface area is 188 Å². The van der Waals surface area contributed by atoms with E-state index in [4.69, 9.17) is 0 Å². The van der Waals surface area contributed by atoms with Crippen LogP contribution in [-0.4, -0.2) is 38.5 Å². The topological polar surface area (TPSA) is 82.7 Å². The maximum atomic E-state index is 13.1. The molecule has 3 aromatic heterocycles. The summed E-state index contributed by atoms with van der Waals surface area (Å²) in [6.07, 6.45) is -7.99. The van der Waals surface area contributed by atoms with Crippen LogP contribution in [0.3, 0.4) is 0 Å². The molecule has 0 aliphatic heterocycles. The number of hydrogen-bond acceptors (Lipinski definition) is 5. The Kier molecular flexibility index (Phi) is 5.46. The minimum atomic E-state index is -4.65. The molecule has 0 aliphatic carbocycles. The quantitative estimate of drug-likeness (QED) is 0.379. The predicted octanol–water partition coefficient (Wildman–Crippen LogP) is 4.65. The van der Waals surface area contributed by atoms with Crippen LogP contribution in [0.15, 0.2) is 47.6 Å². The number of alkyl halides is 6. The normalized spacial score (nSPS) is 13.1. The molecule has 0 amide bonds. The summed E-state index contributed by atoms with van der Waals surface area (Å²) in [5, 5.41) is 3.64. The lowest BCUT2D eigenvalue weighted by molar-refractivity contribution is -0.138. The number of nitrogens with zero attached hydrogens (tertiary/aromatic N) is 5. The van der Waals surface area contributed by atoms with E-state index in [9.17, 15) is 34.8 Å². The van der Waals surface area contributed by atoms with E-state index in [1.807, 2.05) is 0 Å². The summed E-state index contributed by atoms with van der Waals surface area (Å²) in [7, 11) is -2.42. The zero-order chi connectivity index (χ0) is 25.1. The number of halogens is 6. The monoisotopic (exact) mass is 503 g/mol. The largest absolute Gasteiger partial charge is 0.419 e. The van der Waals surface area contributed by atoms with Gasteiger partial charge in [0.05, 0.1) is 39.0 Å². The van der Waals surface area contributed by atoms with Crippen molar-refractivity contribution in [1.29, 1.82) is 0 Å². The number of pyridine rings is 1. The fourth-order valence-corrected chi connectivity index (χ4v) is 4.33. The van der Waals surface area contributed by atoms with Gasteiger partial charge in [-0.2, -0.15) is 31.4 Å². The minimum Gasteiger partial charge on any atom is -0.326 e. The third-order valence-corrected chi connectivity index (χ3v) is 6.88. The first kappa shape index (κ1) is 23.7. The smallest absolute Gasteiger partial charge is 0.326 e. The zero-order valence-electron chi connectivity index (χ0n) is 17.5. The Morgan fingerprint density at radius 2 is 1.62 bits per heavy atom. The molecule has 0 radical (unpaired) electrons. The van der Waals surface area contributed by atoms with Crippen molar-refractivity contribution in [2.24, 2.45) is 7.05 Å². The van der Waals surface area contributed by atoms with Crippen LogP contribution >= 0.6 is 0 Å². The van der Waals surface area contributed by atoms with E-state index < -0.39 is 33.3 Å². The molecule has 0 fully saturated rings. The number of aryl methyl sites for hydroxylation is 1. The van der Waals surface area contributed by atoms with Crippen molar-refractivity contribution in [3.8, 4) is 17.3 Å². The van der Waals surface area contributed by atoms with Gasteiger partial charge in [-0.15, -0.1) is 0 Å². The zero-order valence-corrected chi connectivity index (χ0v) is 18.3. The highest BCUT2D eigenvalue weighted by atomic mass is 32.2. The molecule has 1 aromatic carbocycles. The Balaban J connectivity index is 1.95. The number of hydrogen-bond donors (Lipinski definition) is 0. The minimum absolute atomic E-state index is 0.0576. The van der Waals surface area contributed by atoms with Gasteiger partial charge in [-0.25, -0.2) is 23.1 Å². The molecule has 0 aliphatic rings. The van der Waals surface area contributed by atoms with Gasteiger partial charge in [0, 0.05) is 13.2 Å². The number of rotatable bonds is 4. The molecule has 7 nitrogen and oxygen atoms in total. The van der Waals surface area contributed by atoms with Gasteiger partial charge >= 0.3 is 12.4 Å². The first-order valence-corrected chi connectivity index (χ1v) is 11.3. The Morgan fingerprint density at radius 3 is 2.21 bits per heavy atom. The molecular formula is C20H15F6N5O2S. The van der Waals surface area contributed by atoms with Crippen LogP contribution in [0.1, 0.15) is 18.1 Å². The first-order valence-electron chi connectivity index (χ1n) is 9.62. The average Bonchev–Trinajstić information content (AvgIpc) is 3.38. The van der Waals surface area contributed by atoms with Crippen LogP contribution < -0.4 is 0 Å². The number of benzene rings is 1. The highest BCUT2D eigenvalue weighted by molar-refractivity contribution is 7.91. The lowest BCUT2D eigenvalue weighted by Crippen LogP contribution is -2.11. The summed E-state index contributed by atoms with van der Waals surface area (Å²) in [5.41, 5.74) is -1.99. The van der Waals surface area contributed by atoms with Crippen LogP contribution in [0.4, 0.5) is 26.3 Å². The van der Waals surface area contributed by atoms with Crippen molar-refractivity contribution in [3.05, 3.63) is 53.9 Å². The molecule has 0 saturated carbocycles. The second-order valence-electron chi connectivity index (χ2n) is 7.29. The lowest BCUT2D eigenvalue weighted by atomic mass is 10.2. The molecule has 34 heavy (non-hydrogen) atoms. The molecule has 4 aromatic rings. The van der Waals surface area contributed by atoms with Gasteiger partial charge in [0.15, 0.2) is 21.5 Å². The summed E-state index contributed by atoms with van der Waals surface area (Å²) in [4.78, 5) is 8.10. The number of imidazole rings is 1. The van der Waals surface area contributed by atoms with E-state index >= 15 is 0 Å². The Bertz CT molecular complexity index is 1500. The van der Waals surface area contributed by atoms with Gasteiger partial charge in [0.2, 0.25) is 0 Å². The molecule has 3 heterocycles. The van der Waals surface area contributed by atoms with Crippen LogP contribution in [-0.2, 0) is 29.2 Å². The molecule has 0 N–H and O–H groups in total. The summed E-state index contributed by atoms with van der Waals surface area (Å²) < 4.78 is 106. The lowest BCUT2D eigenvalue weighted by Gasteiger charge is -2.11. The van der Waals surface area contributed by atoms with Gasteiger partial charge in [0.1, 0.15) is 5.69 Å². The van der Waals surface area contributed by atoms with Crippen LogP contribution in [0.2, 0.25) is 0 Å². The molecule has 4 rings (SSSR count). The van der Waals surface area contributed by atoms with E-state index in [2.05, 4.69) is 15.1 Å². The summed E-state index contributed by atoms with van der Waals surface area (Å²) >= 11 is 0. The number of sulfone groups is 1. The van der Waals surface area contributed by atoms with Gasteiger partial charge in [-0.05, 0) is 30.3 Å². The Morgan fingerprint density at radius 1 is 0.941 bits per heavy atom. The van der Waals surface area contributed by atoms with E-state index in [0.29, 0.717) is 12.4 Å². The molecule has 0 saturated heterocycles. The molecule has 180 valence electrons. The summed E-state index contributed by atoms with van der Waals surface area (Å²) in [5.74, 6) is -0.529. The predicted molar refractivity (Wildman–Crippen MR) is 109 cm³/mol. The fraction of sp³-hybridized carbons (Fsp3) is 0.250. The van der Waals surface area contributed by atoms with Crippen molar-refractivity contribution >= 4 is 20.9 Å². The summed E-state index contributed by atoms with van der Waals surface area (Å²) in [6, 6.07) is 5.22. The fourth-order valence-electron chi connectivity index (χ4n) is 3.31. The molecule has 0 unspecified atom stereocenters. The molecule has 0 spiro atoms. The van der Waals surface area contributed by atoms with Gasteiger partial charge < -0.3 is 4.57 Å². The second-order valence-corrected chi connectivity index (χ2v) is 9.53. The average molecular weight is 503 g/mol. The van der Waals surface area contributed by atoms with E-state index in [0.717, 1.165) is 22.9 Å². The number of aromatic nitrogens is 5. The maximum absolute atomic E-state index is 13.1. The van der Waals surface area contributed by atoms with Gasteiger partial charge in [-0.1, -0.05) is 6.92 Å². The first-order chi connectivity index (χ1) is 15.7. The molecule has 14 heteroatoms. The van der Waals surface area contributed by atoms with Crippen LogP contribution in [0.5, 0.6) is 0 Å². The maximum Gasteiger partial charge on any atom is 0.419 e. The van der Waals surface area contributed by atoms with Crippen molar-refractivity contribution in [2.75, 3.05) is 5.75 Å². The Hall–Kier alpha value is -3.42. The number of fused-ring (bicyclic) bond motifs is 1. The van der Waals surface area contributed by atoms with Crippen molar-refractivity contribution in [3.63, 3.8) is 0 Å². The van der Waals surface area contributed by atoms with Gasteiger partial charge in [0.25, 0.3) is 0 Å². The van der Waals surface area contributed by atoms with E-state index in [1.165, 1.54) is 30.7 Å². The third-order valence-electron chi connectivity index (χ3n) is 5.12. The third kappa shape index (κ3) is 4.13. The highest BCUT2D eigenvalue weighted by Gasteiger charge is 2.33. The molecular weight excluding hydrogens is 488 g/mol. The summed E-state index contributed by atoms with van der Waals surface area (Å²) in [6.45, 7) is 1.39. The highest BCUT2D eigenvalue weighted by Crippen LogP contribution is 2.34. The van der Waals surface area contributed by atoms with Crippen molar-refractivity contribution in [1.82, 2.24) is 24.3 Å². The van der Waals surface area contributed by atoms with E-state index in [-0.39, 0.29) is 39.0 Å². The second kappa shape index (κ2) is 7.82. The SMILES string of the molecule is CCS(=O)(=O)c1ccc(-n2cc(C(F)(F)F)cn2)nc1-c1nc2cc(C(F)(F)F)ccc2n1C. The van der Waals surface area contributed by atoms with Crippen molar-refractivity contribution in [2.45, 2.75) is 24.2 Å². The molecule has 0 atom stereocenters. The van der Waals surface area contributed by atoms with Crippen LogP contribution in [0.25, 0.3) is 28.4 Å². The standard InChI is InChI=1S/C20H15F6N5O2S/c1-3-34(32,33)15-6-7-16(31-10-12(9-27-31)20(24,25)26)29-17(15)18-28-13-8-11(19(21,22)23)4-5-14(13)30(18)2/h4-10H,3H2,1-2H3. The van der Waals surface area contributed by atoms with E-state index in [1.54, 1.807) is 0 Å². The van der Waals surface area contributed by atoms with Crippen molar-refractivity contribution < 1.29 is 34.8 Å². The van der Waals surface area contributed by atoms with Crippen LogP contribution in [0, 0.1) is 0 Å².